The zero-order chi connectivity index (χ0) is 17.9. The third-order valence-electron chi connectivity index (χ3n) is 5.10. The van der Waals surface area contributed by atoms with Crippen molar-refractivity contribution in [3.8, 4) is 0 Å². The van der Waals surface area contributed by atoms with Gasteiger partial charge in [0, 0.05) is 32.1 Å². The summed E-state index contributed by atoms with van der Waals surface area (Å²) in [5, 5.41) is 0. The van der Waals surface area contributed by atoms with Crippen LogP contribution < -0.4 is 0 Å². The third kappa shape index (κ3) is 4.58. The summed E-state index contributed by atoms with van der Waals surface area (Å²) in [6.45, 7) is 1.95. The molecule has 0 aliphatic carbocycles. The molecule has 1 aromatic rings. The first-order valence-corrected chi connectivity index (χ1v) is 10.6. The molecule has 0 spiro atoms. The minimum Gasteiger partial charge on any atom is -0.343 e. The molecule has 2 aliphatic rings. The molecule has 0 radical (unpaired) electrons. The van der Waals surface area contributed by atoms with E-state index >= 15 is 0 Å². The van der Waals surface area contributed by atoms with Gasteiger partial charge in [0.15, 0.2) is 0 Å². The summed E-state index contributed by atoms with van der Waals surface area (Å²) in [5.41, 5.74) is 0.598. The number of halogens is 1. The second kappa shape index (κ2) is 7.83. The van der Waals surface area contributed by atoms with Gasteiger partial charge in [0.05, 0.1) is 5.75 Å². The van der Waals surface area contributed by atoms with E-state index in [1.165, 1.54) is 24.3 Å². The van der Waals surface area contributed by atoms with E-state index in [4.69, 9.17) is 0 Å². The minimum atomic E-state index is -3.45. The quantitative estimate of drug-likeness (QED) is 0.775. The Labute approximate surface area is 148 Å². The summed E-state index contributed by atoms with van der Waals surface area (Å²) >= 11 is 0. The lowest BCUT2D eigenvalue weighted by Gasteiger charge is -2.35. The van der Waals surface area contributed by atoms with Gasteiger partial charge in [-0.25, -0.2) is 12.8 Å². The summed E-state index contributed by atoms with van der Waals surface area (Å²) < 4.78 is 40.4. The molecule has 3 rings (SSSR count). The van der Waals surface area contributed by atoms with Crippen LogP contribution in [0.5, 0.6) is 0 Å². The highest BCUT2D eigenvalue weighted by atomic mass is 32.2. The molecule has 2 heterocycles. The molecular formula is C18H25FN2O3S. The Morgan fingerprint density at radius 2 is 1.84 bits per heavy atom. The van der Waals surface area contributed by atoms with Crippen LogP contribution in [0.4, 0.5) is 4.39 Å². The predicted molar refractivity (Wildman–Crippen MR) is 93.8 cm³/mol. The minimum absolute atomic E-state index is 0.0485. The molecule has 2 saturated heterocycles. The summed E-state index contributed by atoms with van der Waals surface area (Å²) in [4.78, 5) is 13.6. The lowest BCUT2D eigenvalue weighted by Crippen LogP contribution is -2.45. The van der Waals surface area contributed by atoms with E-state index in [2.05, 4.69) is 0 Å². The number of carbonyl (C=O) groups is 1. The molecule has 1 unspecified atom stereocenters. The van der Waals surface area contributed by atoms with Gasteiger partial charge in [0.2, 0.25) is 15.9 Å². The maximum Gasteiger partial charge on any atom is 0.222 e. The summed E-state index contributed by atoms with van der Waals surface area (Å²) in [7, 11) is -3.45. The molecule has 25 heavy (non-hydrogen) atoms. The number of likely N-dealkylation sites (tertiary alicyclic amines) is 1. The van der Waals surface area contributed by atoms with E-state index in [1.54, 1.807) is 4.31 Å². The van der Waals surface area contributed by atoms with Crippen LogP contribution in [0.2, 0.25) is 0 Å². The largest absolute Gasteiger partial charge is 0.343 e. The van der Waals surface area contributed by atoms with Gasteiger partial charge >= 0.3 is 0 Å². The van der Waals surface area contributed by atoms with Crippen LogP contribution in [-0.2, 0) is 20.6 Å². The van der Waals surface area contributed by atoms with Crippen molar-refractivity contribution in [2.24, 2.45) is 0 Å². The van der Waals surface area contributed by atoms with Gasteiger partial charge in [0.25, 0.3) is 0 Å². The van der Waals surface area contributed by atoms with Crippen molar-refractivity contribution in [1.82, 2.24) is 9.21 Å². The Hall–Kier alpha value is -1.47. The van der Waals surface area contributed by atoms with Crippen LogP contribution in [0.1, 0.15) is 44.1 Å². The van der Waals surface area contributed by atoms with Crippen LogP contribution in [0, 0.1) is 5.82 Å². The van der Waals surface area contributed by atoms with Crippen molar-refractivity contribution >= 4 is 15.9 Å². The molecular weight excluding hydrogens is 343 g/mol. The smallest absolute Gasteiger partial charge is 0.222 e. The van der Waals surface area contributed by atoms with E-state index in [0.29, 0.717) is 31.5 Å². The average molecular weight is 368 g/mol. The molecule has 138 valence electrons. The van der Waals surface area contributed by atoms with Gasteiger partial charge in [-0.05, 0) is 43.4 Å². The van der Waals surface area contributed by atoms with Gasteiger partial charge in [-0.2, -0.15) is 4.31 Å². The Kier molecular flexibility index (Phi) is 5.74. The number of sulfonamides is 1. The van der Waals surface area contributed by atoms with E-state index in [0.717, 1.165) is 32.2 Å². The van der Waals surface area contributed by atoms with Crippen molar-refractivity contribution in [2.75, 3.05) is 19.6 Å². The zero-order valence-electron chi connectivity index (χ0n) is 14.4. The van der Waals surface area contributed by atoms with E-state index in [-0.39, 0.29) is 23.5 Å². The van der Waals surface area contributed by atoms with Crippen molar-refractivity contribution in [1.29, 1.82) is 0 Å². The molecule has 1 aromatic carbocycles. The molecule has 0 saturated carbocycles. The van der Waals surface area contributed by atoms with Crippen LogP contribution in [0.15, 0.2) is 24.3 Å². The molecule has 0 bridgehead atoms. The Morgan fingerprint density at radius 1 is 1.08 bits per heavy atom. The van der Waals surface area contributed by atoms with Crippen LogP contribution in [0.25, 0.3) is 0 Å². The topological polar surface area (TPSA) is 57.7 Å². The maximum atomic E-state index is 13.0. The first kappa shape index (κ1) is 18.3. The van der Waals surface area contributed by atoms with E-state index in [1.807, 2.05) is 4.90 Å². The van der Waals surface area contributed by atoms with Gasteiger partial charge in [-0.1, -0.05) is 18.6 Å². The number of rotatable bonds is 6. The first-order chi connectivity index (χ1) is 12.0. The summed E-state index contributed by atoms with van der Waals surface area (Å²) in [6, 6.07) is 5.58. The number of carbonyl (C=O) groups excluding carboxylic acids is 1. The number of hydrogen-bond donors (Lipinski definition) is 0. The Balaban J connectivity index is 1.66. The molecule has 2 aliphatic heterocycles. The molecule has 7 heteroatoms. The number of piperidine rings is 1. The average Bonchev–Trinajstić information content (AvgIpc) is 3.00. The molecule has 0 aromatic heterocycles. The second-order valence-electron chi connectivity index (χ2n) is 6.92. The monoisotopic (exact) mass is 368 g/mol. The van der Waals surface area contributed by atoms with E-state index in [9.17, 15) is 17.6 Å². The number of amides is 1. The summed E-state index contributed by atoms with van der Waals surface area (Å²) in [5.74, 6) is -0.296. The highest BCUT2D eigenvalue weighted by Gasteiger charge is 2.33. The van der Waals surface area contributed by atoms with Crippen LogP contribution >= 0.6 is 0 Å². The fraction of sp³-hybridized carbons (Fsp3) is 0.611. The highest BCUT2D eigenvalue weighted by molar-refractivity contribution is 7.88. The fourth-order valence-corrected chi connectivity index (χ4v) is 5.60. The maximum absolute atomic E-state index is 13.0. The lowest BCUT2D eigenvalue weighted by molar-refractivity contribution is -0.127. The van der Waals surface area contributed by atoms with E-state index < -0.39 is 10.0 Å². The Morgan fingerprint density at radius 3 is 2.52 bits per heavy atom. The van der Waals surface area contributed by atoms with Crippen molar-refractivity contribution in [3.63, 3.8) is 0 Å². The van der Waals surface area contributed by atoms with Crippen molar-refractivity contribution in [2.45, 2.75) is 50.3 Å². The molecule has 0 N–H and O–H groups in total. The molecule has 2 fully saturated rings. The van der Waals surface area contributed by atoms with Gasteiger partial charge in [-0.3, -0.25) is 4.79 Å². The molecule has 5 nitrogen and oxygen atoms in total. The third-order valence-corrected chi connectivity index (χ3v) is 6.99. The van der Waals surface area contributed by atoms with Gasteiger partial charge < -0.3 is 4.90 Å². The van der Waals surface area contributed by atoms with Crippen LogP contribution in [-0.4, -0.2) is 49.2 Å². The zero-order valence-corrected chi connectivity index (χ0v) is 15.2. The second-order valence-corrected chi connectivity index (χ2v) is 8.84. The first-order valence-electron chi connectivity index (χ1n) is 8.97. The molecule has 1 atom stereocenters. The van der Waals surface area contributed by atoms with Crippen molar-refractivity contribution < 1.29 is 17.6 Å². The standard InChI is InChI=1S/C18H25FN2O3S/c19-16-8-6-15(7-9-16)14-25(23,24)21-12-2-1-4-17(21)10-13-20-11-3-5-18(20)22/h6-9,17H,1-5,10-14H2. The fourth-order valence-electron chi connectivity index (χ4n) is 3.75. The number of hydrogen-bond acceptors (Lipinski definition) is 3. The molecule has 1 amide bonds. The summed E-state index contributed by atoms with van der Waals surface area (Å²) in [6.07, 6.45) is 4.91. The normalized spacial score (nSPS) is 22.5. The van der Waals surface area contributed by atoms with Crippen molar-refractivity contribution in [3.05, 3.63) is 35.6 Å². The predicted octanol–water partition coefficient (Wildman–Crippen LogP) is 2.52. The number of benzene rings is 1. The highest BCUT2D eigenvalue weighted by Crippen LogP contribution is 2.26. The Bertz CT molecular complexity index is 706. The van der Waals surface area contributed by atoms with Crippen LogP contribution in [0.3, 0.4) is 0 Å². The lowest BCUT2D eigenvalue weighted by atomic mass is 10.0. The SMILES string of the molecule is O=C1CCCN1CCC1CCCCN1S(=O)(=O)Cc1ccc(F)cc1. The number of nitrogens with zero attached hydrogens (tertiary/aromatic N) is 2. The van der Waals surface area contributed by atoms with Gasteiger partial charge in [-0.15, -0.1) is 0 Å². The van der Waals surface area contributed by atoms with Gasteiger partial charge in [0.1, 0.15) is 5.82 Å².